The molecule has 0 unspecified atom stereocenters. The number of phenolic OH excluding ortho intramolecular Hbond substituents is 1. The van der Waals surface area contributed by atoms with Crippen molar-refractivity contribution in [3.05, 3.63) is 48.0 Å². The maximum Gasteiger partial charge on any atom is 0.338 e. The molecule has 6 N–H and O–H groups in total. The van der Waals surface area contributed by atoms with Crippen LogP contribution in [0.25, 0.3) is 0 Å². The van der Waals surface area contributed by atoms with Gasteiger partial charge in [0.1, 0.15) is 48.6 Å². The van der Waals surface area contributed by atoms with E-state index >= 15 is 0 Å². The van der Waals surface area contributed by atoms with E-state index in [1.807, 2.05) is 0 Å². The lowest BCUT2D eigenvalue weighted by atomic mass is 9.99. The third-order valence-electron chi connectivity index (χ3n) is 6.56. The molecule has 0 bridgehead atoms. The van der Waals surface area contributed by atoms with Crippen molar-refractivity contribution in [2.45, 2.75) is 48.7 Å². The molecule has 0 saturated carbocycles. The summed E-state index contributed by atoms with van der Waals surface area (Å²) in [7, 11) is 2.90. The minimum Gasteiger partial charge on any atom is -0.508 e. The highest BCUT2D eigenvalue weighted by Gasteiger charge is 2.51. The Morgan fingerprint density at radius 1 is 0.950 bits per heavy atom. The summed E-state index contributed by atoms with van der Waals surface area (Å²) < 4.78 is 37.6. The normalized spacial score (nSPS) is 31.9. The second kappa shape index (κ2) is 12.5. The SMILES string of the molecule is COc1ccc(O[C@@H]2O[C@H](CO[C@@H]3OC[C@](O)(COC(=O)c4ccc(O)cc4)[C@H]3O)[C@@H](O)[C@H](O)[C@H]2O)cc1OC. The Labute approximate surface area is 228 Å². The van der Waals surface area contributed by atoms with Gasteiger partial charge in [-0.2, -0.15) is 0 Å². The highest BCUT2D eigenvalue weighted by Crippen LogP contribution is 2.33. The van der Waals surface area contributed by atoms with Crippen molar-refractivity contribution in [1.82, 2.24) is 0 Å². The fraction of sp³-hybridized carbons (Fsp3) is 0.500. The smallest absolute Gasteiger partial charge is 0.338 e. The molecule has 2 aromatic carbocycles. The standard InChI is InChI=1S/C26H32O14/c1-34-16-8-7-15(9-17(16)35-2)39-24-21(30)20(29)19(28)18(40-24)10-36-25-22(31)26(33,12-38-25)11-37-23(32)13-3-5-14(27)6-4-13/h3-9,18-22,24-25,27-31,33H,10-12H2,1-2H3/t18-,19-,20+,21-,22+,24-,25-,26-/m1/s1. The number of benzene rings is 2. The van der Waals surface area contributed by atoms with Crippen molar-refractivity contribution in [2.24, 2.45) is 0 Å². The summed E-state index contributed by atoms with van der Waals surface area (Å²) in [6.07, 6.45) is -10.6. The van der Waals surface area contributed by atoms with Gasteiger partial charge in [0.25, 0.3) is 0 Å². The number of methoxy groups -OCH3 is 2. The number of rotatable bonds is 10. The van der Waals surface area contributed by atoms with Gasteiger partial charge in [-0.1, -0.05) is 0 Å². The molecule has 8 atom stereocenters. The highest BCUT2D eigenvalue weighted by atomic mass is 16.7. The summed E-state index contributed by atoms with van der Waals surface area (Å²) in [6, 6.07) is 9.83. The van der Waals surface area contributed by atoms with Crippen molar-refractivity contribution in [2.75, 3.05) is 34.0 Å². The molecule has 0 radical (unpaired) electrons. The van der Waals surface area contributed by atoms with Crippen molar-refractivity contribution in [3.63, 3.8) is 0 Å². The van der Waals surface area contributed by atoms with Gasteiger partial charge in [0.15, 0.2) is 23.4 Å². The van der Waals surface area contributed by atoms with Crippen LogP contribution in [0.2, 0.25) is 0 Å². The molecular formula is C26H32O14. The lowest BCUT2D eigenvalue weighted by molar-refractivity contribution is -0.289. The van der Waals surface area contributed by atoms with Crippen molar-refractivity contribution < 1.29 is 68.6 Å². The third-order valence-corrected chi connectivity index (χ3v) is 6.56. The fourth-order valence-electron chi connectivity index (χ4n) is 4.16. The van der Waals surface area contributed by atoms with E-state index in [0.717, 1.165) is 0 Å². The van der Waals surface area contributed by atoms with Gasteiger partial charge in [0.05, 0.1) is 33.0 Å². The van der Waals surface area contributed by atoms with E-state index in [-0.39, 0.29) is 17.1 Å². The molecule has 2 aliphatic heterocycles. The largest absolute Gasteiger partial charge is 0.508 e. The molecule has 4 rings (SSSR count). The van der Waals surface area contributed by atoms with Gasteiger partial charge in [-0.3, -0.25) is 0 Å². The molecule has 2 heterocycles. The third kappa shape index (κ3) is 6.40. The quantitative estimate of drug-likeness (QED) is 0.189. The van der Waals surface area contributed by atoms with E-state index in [0.29, 0.717) is 11.5 Å². The molecule has 0 aliphatic carbocycles. The molecule has 2 aliphatic rings. The van der Waals surface area contributed by atoms with Crippen LogP contribution in [0.1, 0.15) is 10.4 Å². The number of aliphatic hydroxyl groups is 5. The topological polar surface area (TPSA) is 203 Å². The fourth-order valence-corrected chi connectivity index (χ4v) is 4.16. The minimum atomic E-state index is -2.00. The molecule has 14 heteroatoms. The summed E-state index contributed by atoms with van der Waals surface area (Å²) in [4.78, 5) is 12.2. The van der Waals surface area contributed by atoms with Crippen LogP contribution in [0.4, 0.5) is 0 Å². The Kier molecular flexibility index (Phi) is 9.33. The average molecular weight is 569 g/mol. The van der Waals surface area contributed by atoms with Crippen LogP contribution in [0.5, 0.6) is 23.0 Å². The Bertz CT molecular complexity index is 1140. The van der Waals surface area contributed by atoms with Crippen molar-refractivity contribution >= 4 is 5.97 Å². The van der Waals surface area contributed by atoms with E-state index in [1.54, 1.807) is 6.07 Å². The number of aromatic hydroxyl groups is 1. The molecule has 0 amide bonds. The highest BCUT2D eigenvalue weighted by molar-refractivity contribution is 5.89. The Hall–Kier alpha value is -3.21. The van der Waals surface area contributed by atoms with E-state index in [2.05, 4.69) is 0 Å². The first-order valence-electron chi connectivity index (χ1n) is 12.2. The van der Waals surface area contributed by atoms with Gasteiger partial charge in [0, 0.05) is 6.07 Å². The lowest BCUT2D eigenvalue weighted by Crippen LogP contribution is -2.60. The summed E-state index contributed by atoms with van der Waals surface area (Å²) in [5, 5.41) is 61.9. The van der Waals surface area contributed by atoms with Gasteiger partial charge < -0.3 is 63.8 Å². The Morgan fingerprint density at radius 3 is 2.33 bits per heavy atom. The lowest BCUT2D eigenvalue weighted by Gasteiger charge is -2.40. The molecule has 0 spiro atoms. The zero-order valence-corrected chi connectivity index (χ0v) is 21.7. The molecule has 2 aromatic rings. The van der Waals surface area contributed by atoms with Crippen LogP contribution >= 0.6 is 0 Å². The number of carbonyl (C=O) groups is 1. The first kappa shape index (κ1) is 29.8. The number of hydrogen-bond acceptors (Lipinski definition) is 14. The first-order valence-corrected chi connectivity index (χ1v) is 12.2. The average Bonchev–Trinajstić information content (AvgIpc) is 3.24. The van der Waals surface area contributed by atoms with Gasteiger partial charge in [0.2, 0.25) is 6.29 Å². The van der Waals surface area contributed by atoms with Crippen LogP contribution in [0.3, 0.4) is 0 Å². The van der Waals surface area contributed by atoms with Gasteiger partial charge in [-0.05, 0) is 36.4 Å². The molecule has 0 aromatic heterocycles. The summed E-state index contributed by atoms with van der Waals surface area (Å²) in [5.41, 5.74) is -1.88. The van der Waals surface area contributed by atoms with Crippen molar-refractivity contribution in [1.29, 1.82) is 0 Å². The van der Waals surface area contributed by atoms with Gasteiger partial charge in [-0.25, -0.2) is 4.79 Å². The summed E-state index contributed by atoms with van der Waals surface area (Å²) in [6.45, 7) is -1.51. The van der Waals surface area contributed by atoms with Crippen LogP contribution in [-0.2, 0) is 18.9 Å². The molecule has 2 fully saturated rings. The zero-order chi connectivity index (χ0) is 29.0. The van der Waals surface area contributed by atoms with Gasteiger partial charge >= 0.3 is 5.97 Å². The molecule has 14 nitrogen and oxygen atoms in total. The molecule has 40 heavy (non-hydrogen) atoms. The first-order chi connectivity index (χ1) is 19.1. The maximum atomic E-state index is 12.2. The monoisotopic (exact) mass is 568 g/mol. The molecular weight excluding hydrogens is 536 g/mol. The van der Waals surface area contributed by atoms with Crippen LogP contribution in [-0.4, -0.2) is 119 Å². The van der Waals surface area contributed by atoms with Crippen LogP contribution in [0.15, 0.2) is 42.5 Å². The van der Waals surface area contributed by atoms with Crippen LogP contribution < -0.4 is 14.2 Å². The predicted octanol–water partition coefficient (Wildman–Crippen LogP) is -1.08. The van der Waals surface area contributed by atoms with E-state index in [9.17, 15) is 35.4 Å². The van der Waals surface area contributed by atoms with Crippen molar-refractivity contribution in [3.8, 4) is 23.0 Å². The number of carbonyl (C=O) groups excluding carboxylic acids is 1. The summed E-state index contributed by atoms with van der Waals surface area (Å²) in [5.74, 6) is 0.164. The van der Waals surface area contributed by atoms with E-state index in [4.69, 9.17) is 33.2 Å². The number of aliphatic hydroxyl groups excluding tert-OH is 4. The number of esters is 1. The number of hydrogen-bond donors (Lipinski definition) is 6. The number of ether oxygens (including phenoxy) is 7. The zero-order valence-electron chi connectivity index (χ0n) is 21.7. The minimum absolute atomic E-state index is 0.0391. The second-order valence-electron chi connectivity index (χ2n) is 9.33. The Morgan fingerprint density at radius 2 is 1.65 bits per heavy atom. The second-order valence-corrected chi connectivity index (χ2v) is 9.33. The van der Waals surface area contributed by atoms with Crippen LogP contribution in [0, 0.1) is 0 Å². The predicted molar refractivity (Wildman–Crippen MR) is 132 cm³/mol. The molecule has 2 saturated heterocycles. The molecule has 220 valence electrons. The van der Waals surface area contributed by atoms with E-state index < -0.39 is 74.5 Å². The van der Waals surface area contributed by atoms with Gasteiger partial charge in [-0.15, -0.1) is 0 Å². The number of phenols is 1. The van der Waals surface area contributed by atoms with E-state index in [1.165, 1.54) is 50.6 Å². The summed E-state index contributed by atoms with van der Waals surface area (Å²) >= 11 is 0. The Balaban J connectivity index is 1.33. The maximum absolute atomic E-state index is 12.2.